The van der Waals surface area contributed by atoms with Crippen LogP contribution in [0.25, 0.3) is 21.9 Å². The van der Waals surface area contributed by atoms with E-state index in [-0.39, 0.29) is 0 Å². The molecule has 2 aromatic carbocycles. The van der Waals surface area contributed by atoms with Crippen molar-refractivity contribution in [3.63, 3.8) is 0 Å². The molecule has 0 aliphatic rings. The highest BCUT2D eigenvalue weighted by atomic mass is 32.2. The zero-order chi connectivity index (χ0) is 14.3. The van der Waals surface area contributed by atoms with Crippen molar-refractivity contribution in [3.8, 4) is 0 Å². The van der Waals surface area contributed by atoms with Crippen molar-refractivity contribution in [1.82, 2.24) is 0 Å². The van der Waals surface area contributed by atoms with Gasteiger partial charge >= 0.3 is 0 Å². The Labute approximate surface area is 117 Å². The van der Waals surface area contributed by atoms with Crippen LogP contribution in [0.2, 0.25) is 0 Å². The van der Waals surface area contributed by atoms with Crippen molar-refractivity contribution < 1.29 is 12.8 Å². The average molecular weight is 289 g/mol. The van der Waals surface area contributed by atoms with E-state index in [0.29, 0.717) is 5.69 Å². The third-order valence-electron chi connectivity index (χ3n) is 3.26. The molecule has 1 aromatic heterocycles. The monoisotopic (exact) mass is 289 g/mol. The Bertz CT molecular complexity index is 878. The smallest absolute Gasteiger partial charge is 0.235 e. The summed E-state index contributed by atoms with van der Waals surface area (Å²) in [7, 11) is -3.34. The minimum atomic E-state index is -3.34. The van der Waals surface area contributed by atoms with Crippen molar-refractivity contribution in [2.24, 2.45) is 0 Å². The molecule has 0 saturated carbocycles. The lowest BCUT2D eigenvalue weighted by atomic mass is 10.1. The molecule has 0 spiro atoms. The highest BCUT2D eigenvalue weighted by Crippen LogP contribution is 2.30. The molecule has 5 heteroatoms. The summed E-state index contributed by atoms with van der Waals surface area (Å²) in [5, 5.41) is 1.41. The summed E-state index contributed by atoms with van der Waals surface area (Å²) in [6.45, 7) is 3.29. The van der Waals surface area contributed by atoms with Gasteiger partial charge in [0.25, 0.3) is 0 Å². The van der Waals surface area contributed by atoms with Gasteiger partial charge in [0.2, 0.25) is 10.0 Å². The summed E-state index contributed by atoms with van der Waals surface area (Å²) >= 11 is 0. The predicted octanol–water partition coefficient (Wildman–Crippen LogP) is 3.74. The van der Waals surface area contributed by atoms with E-state index in [9.17, 15) is 8.42 Å². The molecule has 0 bridgehead atoms. The quantitative estimate of drug-likeness (QED) is 0.799. The summed E-state index contributed by atoms with van der Waals surface area (Å²) in [6, 6.07) is 13.0. The molecule has 20 heavy (non-hydrogen) atoms. The molecule has 0 aliphatic heterocycles. The summed E-state index contributed by atoms with van der Waals surface area (Å²) in [4.78, 5) is 0. The first kappa shape index (κ1) is 13.0. The second kappa shape index (κ2) is 4.52. The second-order valence-corrected chi connectivity index (χ2v) is 7.24. The van der Waals surface area contributed by atoms with Gasteiger partial charge in [-0.3, -0.25) is 4.72 Å². The number of hydrogen-bond donors (Lipinski definition) is 1. The van der Waals surface area contributed by atoms with Crippen molar-refractivity contribution in [1.29, 1.82) is 0 Å². The topological polar surface area (TPSA) is 59.3 Å². The van der Waals surface area contributed by atoms with E-state index in [1.807, 2.05) is 24.3 Å². The predicted molar refractivity (Wildman–Crippen MR) is 81.4 cm³/mol. The van der Waals surface area contributed by atoms with Crippen LogP contribution < -0.4 is 4.72 Å². The van der Waals surface area contributed by atoms with Crippen molar-refractivity contribution in [3.05, 3.63) is 42.5 Å². The molecule has 0 unspecified atom stereocenters. The minimum Gasteiger partial charge on any atom is -0.456 e. The standard InChI is InChI=1S/C15H15NO3S/c1-10(2)20(17,18)16-11-7-8-15-13(9-11)12-5-3-4-6-14(12)19-15/h3-10,16H,1-2H3. The van der Waals surface area contributed by atoms with E-state index in [1.165, 1.54) is 0 Å². The van der Waals surface area contributed by atoms with Crippen LogP contribution in [-0.4, -0.2) is 13.7 Å². The number of fused-ring (bicyclic) bond motifs is 3. The van der Waals surface area contributed by atoms with Crippen molar-refractivity contribution in [2.45, 2.75) is 19.1 Å². The normalized spacial score (nSPS) is 12.3. The Hall–Kier alpha value is -2.01. The van der Waals surface area contributed by atoms with Gasteiger partial charge in [-0.15, -0.1) is 0 Å². The fourth-order valence-corrected chi connectivity index (χ4v) is 2.76. The first-order valence-corrected chi connectivity index (χ1v) is 7.95. The molecule has 3 aromatic rings. The van der Waals surface area contributed by atoms with Gasteiger partial charge in [-0.2, -0.15) is 0 Å². The van der Waals surface area contributed by atoms with Gasteiger partial charge in [0.15, 0.2) is 0 Å². The Morgan fingerprint density at radius 1 is 1.00 bits per heavy atom. The van der Waals surface area contributed by atoms with Crippen LogP contribution in [-0.2, 0) is 10.0 Å². The number of furan rings is 1. The second-order valence-electron chi connectivity index (χ2n) is 5.00. The fraction of sp³-hybridized carbons (Fsp3) is 0.200. The molecular formula is C15H15NO3S. The lowest BCUT2D eigenvalue weighted by Crippen LogP contribution is -2.22. The van der Waals surface area contributed by atoms with Gasteiger partial charge in [0, 0.05) is 16.5 Å². The van der Waals surface area contributed by atoms with Crippen molar-refractivity contribution >= 4 is 37.6 Å². The van der Waals surface area contributed by atoms with Gasteiger partial charge in [0.1, 0.15) is 11.2 Å². The maximum absolute atomic E-state index is 11.9. The van der Waals surface area contributed by atoms with Crippen LogP contribution >= 0.6 is 0 Å². The lowest BCUT2D eigenvalue weighted by molar-refractivity contribution is 0.593. The van der Waals surface area contributed by atoms with Gasteiger partial charge in [-0.05, 0) is 38.1 Å². The number of hydrogen-bond acceptors (Lipinski definition) is 3. The number of rotatable bonds is 3. The summed E-state index contributed by atoms with van der Waals surface area (Å²) in [6.07, 6.45) is 0. The molecule has 0 fully saturated rings. The first-order valence-electron chi connectivity index (χ1n) is 6.40. The first-order chi connectivity index (χ1) is 9.47. The van der Waals surface area contributed by atoms with Gasteiger partial charge in [-0.1, -0.05) is 18.2 Å². The highest BCUT2D eigenvalue weighted by Gasteiger charge is 2.16. The van der Waals surface area contributed by atoms with E-state index in [4.69, 9.17) is 4.42 Å². The number of nitrogens with one attached hydrogen (secondary N) is 1. The SMILES string of the molecule is CC(C)S(=O)(=O)Nc1ccc2oc3ccccc3c2c1. The van der Waals surface area contributed by atoms with Crippen LogP contribution in [0.3, 0.4) is 0 Å². The molecule has 0 radical (unpaired) electrons. The molecular weight excluding hydrogens is 274 g/mol. The zero-order valence-electron chi connectivity index (χ0n) is 11.3. The summed E-state index contributed by atoms with van der Waals surface area (Å²) in [5.74, 6) is 0. The summed E-state index contributed by atoms with van der Waals surface area (Å²) in [5.41, 5.74) is 2.10. The van der Waals surface area contributed by atoms with E-state index in [2.05, 4.69) is 4.72 Å². The number of sulfonamides is 1. The molecule has 104 valence electrons. The average Bonchev–Trinajstić information content (AvgIpc) is 2.76. The Kier molecular flexibility index (Phi) is 2.94. The van der Waals surface area contributed by atoms with Gasteiger partial charge in [0.05, 0.1) is 5.25 Å². The molecule has 1 N–H and O–H groups in total. The molecule has 0 saturated heterocycles. The lowest BCUT2D eigenvalue weighted by Gasteiger charge is -2.10. The number of para-hydroxylation sites is 1. The van der Waals surface area contributed by atoms with Crippen LogP contribution in [0.4, 0.5) is 5.69 Å². The van der Waals surface area contributed by atoms with E-state index in [1.54, 1.807) is 32.0 Å². The third-order valence-corrected chi connectivity index (χ3v) is 5.02. The molecule has 0 aliphatic carbocycles. The number of benzene rings is 2. The van der Waals surface area contributed by atoms with Crippen LogP contribution in [0.5, 0.6) is 0 Å². The Balaban J connectivity index is 2.13. The molecule has 0 amide bonds. The van der Waals surface area contributed by atoms with Crippen molar-refractivity contribution in [2.75, 3.05) is 4.72 Å². The van der Waals surface area contributed by atoms with Gasteiger partial charge in [-0.25, -0.2) is 8.42 Å². The molecule has 1 heterocycles. The Morgan fingerprint density at radius 2 is 1.70 bits per heavy atom. The Morgan fingerprint density at radius 3 is 2.45 bits per heavy atom. The van der Waals surface area contributed by atoms with Gasteiger partial charge < -0.3 is 4.42 Å². The maximum atomic E-state index is 11.9. The molecule has 0 atom stereocenters. The van der Waals surface area contributed by atoms with Crippen LogP contribution in [0.1, 0.15) is 13.8 Å². The number of anilines is 1. The van der Waals surface area contributed by atoms with E-state index in [0.717, 1.165) is 21.9 Å². The minimum absolute atomic E-state index is 0.473. The molecule has 3 rings (SSSR count). The highest BCUT2D eigenvalue weighted by molar-refractivity contribution is 7.93. The maximum Gasteiger partial charge on any atom is 0.235 e. The van der Waals surface area contributed by atoms with E-state index >= 15 is 0 Å². The zero-order valence-corrected chi connectivity index (χ0v) is 12.1. The summed E-state index contributed by atoms with van der Waals surface area (Å²) < 4.78 is 32.1. The van der Waals surface area contributed by atoms with Crippen LogP contribution in [0, 0.1) is 0 Å². The van der Waals surface area contributed by atoms with E-state index < -0.39 is 15.3 Å². The molecule has 4 nitrogen and oxygen atoms in total. The van der Waals surface area contributed by atoms with Crippen LogP contribution in [0.15, 0.2) is 46.9 Å². The fourth-order valence-electron chi connectivity index (χ4n) is 2.07. The largest absolute Gasteiger partial charge is 0.456 e. The third kappa shape index (κ3) is 2.14.